The van der Waals surface area contributed by atoms with Gasteiger partial charge in [0.1, 0.15) is 17.4 Å². The van der Waals surface area contributed by atoms with Gasteiger partial charge in [0.2, 0.25) is 5.91 Å². The van der Waals surface area contributed by atoms with Gasteiger partial charge in [-0.3, -0.25) is 9.36 Å². The minimum atomic E-state index is -0.256. The summed E-state index contributed by atoms with van der Waals surface area (Å²) < 4.78 is 8.53. The number of ether oxygens (including phenoxy) is 1. The van der Waals surface area contributed by atoms with Crippen LogP contribution in [0.15, 0.2) is 58.7 Å². The second-order valence-corrected chi connectivity index (χ2v) is 8.20. The Kier molecular flexibility index (Phi) is 6.07. The number of nitrogens with zero attached hydrogens (tertiary/aromatic N) is 3. The second kappa shape index (κ2) is 8.92. The molecule has 0 unspecified atom stereocenters. The molecule has 0 aliphatic carbocycles. The number of nitrogens with one attached hydrogen (secondary N) is 1. The largest absolute Gasteiger partial charge is 0.497 e. The van der Waals surface area contributed by atoms with Crippen molar-refractivity contribution in [1.82, 2.24) is 20.1 Å². The fourth-order valence-corrected chi connectivity index (χ4v) is 4.03. The van der Waals surface area contributed by atoms with Crippen molar-refractivity contribution in [2.75, 3.05) is 13.7 Å². The Morgan fingerprint density at radius 3 is 2.71 bits per heavy atom. The molecule has 6 nitrogen and oxygen atoms in total. The number of methoxy groups -OCH3 is 1. The molecule has 1 aromatic heterocycles. The summed E-state index contributed by atoms with van der Waals surface area (Å²) in [5.74, 6) is 1.94. The monoisotopic (exact) mass is 478 g/mol. The fraction of sp³-hybridized carbons (Fsp3) is 0.250. The molecule has 0 bridgehead atoms. The minimum absolute atomic E-state index is 0.0292. The topological polar surface area (TPSA) is 69.0 Å². The van der Waals surface area contributed by atoms with E-state index < -0.39 is 0 Å². The number of carbonyl (C=O) groups excluding carboxylic acids is 1. The molecule has 1 atom stereocenters. The van der Waals surface area contributed by atoms with Crippen LogP contribution in [0.4, 0.5) is 0 Å². The van der Waals surface area contributed by atoms with Crippen molar-refractivity contribution >= 4 is 27.4 Å². The van der Waals surface area contributed by atoms with Crippen LogP contribution in [0, 0.1) is 6.92 Å². The van der Waals surface area contributed by atoms with Gasteiger partial charge in [-0.2, -0.15) is 0 Å². The maximum Gasteiger partial charge on any atom is 0.221 e. The molecule has 0 fully saturated rings. The number of aromatic nitrogens is 3. The van der Waals surface area contributed by atoms with Gasteiger partial charge in [-0.25, -0.2) is 0 Å². The molecule has 1 aliphatic heterocycles. The van der Waals surface area contributed by atoms with Gasteiger partial charge in [-0.05, 0) is 55.8 Å². The van der Waals surface area contributed by atoms with E-state index in [4.69, 9.17) is 4.74 Å². The summed E-state index contributed by atoms with van der Waals surface area (Å²) in [6.07, 6.45) is 2.20. The Morgan fingerprint density at radius 1 is 1.23 bits per heavy atom. The molecule has 2 aromatic carbocycles. The van der Waals surface area contributed by atoms with Crippen molar-refractivity contribution in [3.8, 4) is 11.4 Å². The third-order valence-corrected chi connectivity index (χ3v) is 5.77. The van der Waals surface area contributed by atoms with Crippen molar-refractivity contribution in [2.45, 2.75) is 26.2 Å². The number of halogens is 1. The first-order valence-corrected chi connectivity index (χ1v) is 10.9. The third-order valence-electron chi connectivity index (χ3n) is 5.24. The molecule has 1 aliphatic rings. The standard InChI is InChI=1S/C24H23BrN4O2/c1-4-26-23(30)13-17-7-11-20(16-5-8-18(25)9-6-16)21-14-19(31-3)10-12-22(21)29-15(2)27-28-24(17)29/h5-10,12,14,17H,4,13H2,1-3H3,(H,26,30)/t11?,17-/m0/s1. The number of rotatable bonds is 5. The number of hydrogen-bond acceptors (Lipinski definition) is 4. The van der Waals surface area contributed by atoms with Crippen molar-refractivity contribution < 1.29 is 9.53 Å². The Morgan fingerprint density at radius 2 is 2.00 bits per heavy atom. The zero-order valence-electron chi connectivity index (χ0n) is 17.6. The average Bonchev–Trinajstić information content (AvgIpc) is 3.13. The Bertz CT molecular complexity index is 1190. The number of carbonyl (C=O) groups is 1. The summed E-state index contributed by atoms with van der Waals surface area (Å²) in [5.41, 5.74) is 7.29. The molecule has 0 saturated heterocycles. The van der Waals surface area contributed by atoms with Crippen LogP contribution in [0.5, 0.6) is 5.75 Å². The van der Waals surface area contributed by atoms with Crippen LogP contribution in [0.2, 0.25) is 0 Å². The van der Waals surface area contributed by atoms with Crippen LogP contribution in [-0.4, -0.2) is 34.3 Å². The predicted molar refractivity (Wildman–Crippen MR) is 123 cm³/mol. The predicted octanol–water partition coefficient (Wildman–Crippen LogP) is 4.56. The molecule has 1 amide bonds. The SMILES string of the molecule is CCNC(=O)C[C@@H]1C=C=C(c2ccc(Br)cc2)c2cc(OC)ccc2-n2c(C)nnc21. The molecule has 2 heterocycles. The molecule has 158 valence electrons. The van der Waals surface area contributed by atoms with E-state index in [2.05, 4.69) is 37.2 Å². The highest BCUT2D eigenvalue weighted by Crippen LogP contribution is 2.36. The zero-order chi connectivity index (χ0) is 22.0. The Balaban J connectivity index is 1.97. The first kappa shape index (κ1) is 21.1. The van der Waals surface area contributed by atoms with Gasteiger partial charge < -0.3 is 10.1 Å². The van der Waals surface area contributed by atoms with Crippen LogP contribution in [0.25, 0.3) is 11.3 Å². The van der Waals surface area contributed by atoms with E-state index in [1.807, 2.05) is 67.0 Å². The van der Waals surface area contributed by atoms with Crippen LogP contribution >= 0.6 is 15.9 Å². The maximum atomic E-state index is 12.4. The van der Waals surface area contributed by atoms with Gasteiger partial charge in [-0.15, -0.1) is 15.9 Å². The first-order valence-electron chi connectivity index (χ1n) is 10.1. The summed E-state index contributed by atoms with van der Waals surface area (Å²) in [4.78, 5) is 12.4. The van der Waals surface area contributed by atoms with E-state index in [1.54, 1.807) is 7.11 Å². The summed E-state index contributed by atoms with van der Waals surface area (Å²) >= 11 is 3.51. The molecular weight excluding hydrogens is 456 g/mol. The molecule has 7 heteroatoms. The van der Waals surface area contributed by atoms with E-state index >= 15 is 0 Å². The number of fused-ring (bicyclic) bond motifs is 3. The summed E-state index contributed by atoms with van der Waals surface area (Å²) in [6.45, 7) is 4.42. The number of allylic oxidation sites excluding steroid dienone is 1. The van der Waals surface area contributed by atoms with E-state index in [-0.39, 0.29) is 18.2 Å². The van der Waals surface area contributed by atoms with Gasteiger partial charge >= 0.3 is 0 Å². The molecule has 4 rings (SSSR count). The highest BCUT2D eigenvalue weighted by molar-refractivity contribution is 9.10. The lowest BCUT2D eigenvalue weighted by atomic mass is 9.93. The maximum absolute atomic E-state index is 12.4. The quantitative estimate of drug-likeness (QED) is 0.545. The van der Waals surface area contributed by atoms with Crippen molar-refractivity contribution in [2.24, 2.45) is 0 Å². The Hall–Kier alpha value is -3.15. The van der Waals surface area contributed by atoms with E-state index in [1.165, 1.54) is 0 Å². The lowest BCUT2D eigenvalue weighted by molar-refractivity contribution is -0.121. The zero-order valence-corrected chi connectivity index (χ0v) is 19.2. The van der Waals surface area contributed by atoms with Crippen molar-refractivity contribution in [3.05, 3.63) is 81.5 Å². The smallest absolute Gasteiger partial charge is 0.221 e. The van der Waals surface area contributed by atoms with Gasteiger partial charge in [-0.1, -0.05) is 28.1 Å². The average molecular weight is 479 g/mol. The second-order valence-electron chi connectivity index (χ2n) is 7.28. The molecule has 0 spiro atoms. The molecule has 0 saturated carbocycles. The number of aryl methyl sites for hydroxylation is 1. The van der Waals surface area contributed by atoms with Gasteiger partial charge in [0.25, 0.3) is 0 Å². The summed E-state index contributed by atoms with van der Waals surface area (Å²) in [6, 6.07) is 14.0. The number of hydrogen-bond donors (Lipinski definition) is 1. The first-order chi connectivity index (χ1) is 15.0. The third kappa shape index (κ3) is 4.20. The molecule has 31 heavy (non-hydrogen) atoms. The normalized spacial score (nSPS) is 14.7. The van der Waals surface area contributed by atoms with E-state index in [9.17, 15) is 4.79 Å². The fourth-order valence-electron chi connectivity index (χ4n) is 3.76. The highest BCUT2D eigenvalue weighted by atomic mass is 79.9. The highest BCUT2D eigenvalue weighted by Gasteiger charge is 2.26. The van der Waals surface area contributed by atoms with Crippen LogP contribution in [0.3, 0.4) is 0 Å². The van der Waals surface area contributed by atoms with E-state index in [0.29, 0.717) is 6.54 Å². The lowest BCUT2D eigenvalue weighted by Gasteiger charge is -2.21. The van der Waals surface area contributed by atoms with Gasteiger partial charge in [0.15, 0.2) is 0 Å². The van der Waals surface area contributed by atoms with Crippen LogP contribution in [-0.2, 0) is 4.79 Å². The van der Waals surface area contributed by atoms with Crippen molar-refractivity contribution in [3.63, 3.8) is 0 Å². The van der Waals surface area contributed by atoms with E-state index in [0.717, 1.165) is 44.3 Å². The van der Waals surface area contributed by atoms with Crippen LogP contribution in [0.1, 0.15) is 42.0 Å². The van der Waals surface area contributed by atoms with Gasteiger partial charge in [0, 0.05) is 28.6 Å². The summed E-state index contributed by atoms with van der Waals surface area (Å²) in [5, 5.41) is 11.6. The molecule has 0 radical (unpaired) electrons. The lowest BCUT2D eigenvalue weighted by Crippen LogP contribution is -2.25. The Labute approximate surface area is 189 Å². The van der Waals surface area contributed by atoms with Gasteiger partial charge in [0.05, 0.1) is 18.7 Å². The number of amides is 1. The molecule has 1 N–H and O–H groups in total. The summed E-state index contributed by atoms with van der Waals surface area (Å²) in [7, 11) is 1.65. The molecule has 3 aromatic rings. The minimum Gasteiger partial charge on any atom is -0.497 e. The van der Waals surface area contributed by atoms with Crippen LogP contribution < -0.4 is 10.1 Å². The molecular formula is C24H23BrN4O2. The number of benzene rings is 2. The van der Waals surface area contributed by atoms with Crippen molar-refractivity contribution in [1.29, 1.82) is 0 Å².